The monoisotopic (exact) mass is 991 g/mol. The number of aliphatic hydroxyl groups is 1. The van der Waals surface area contributed by atoms with Crippen molar-refractivity contribution in [3.8, 4) is 0 Å². The lowest BCUT2D eigenvalue weighted by molar-refractivity contribution is -0.384. The van der Waals surface area contributed by atoms with Gasteiger partial charge in [0.25, 0.3) is 0 Å². The number of fused-ring (bicyclic) bond motifs is 5. The van der Waals surface area contributed by atoms with Crippen LogP contribution in [0.3, 0.4) is 0 Å². The predicted molar refractivity (Wildman–Crippen MR) is 245 cm³/mol. The first-order chi connectivity index (χ1) is 34.2. The molecule has 1 aromatic heterocycles. The van der Waals surface area contributed by atoms with Gasteiger partial charge in [0, 0.05) is 32.9 Å². The third-order valence-corrected chi connectivity index (χ3v) is 14.3. The molecule has 3 heterocycles. The fourth-order valence-corrected chi connectivity index (χ4v) is 11.0. The lowest BCUT2D eigenvalue weighted by Crippen LogP contribution is -2.89. The Hall–Kier alpha value is -7.51. The molecule has 4 aliphatic rings. The molecule has 3 aromatic carbocycles. The second-order valence-electron chi connectivity index (χ2n) is 18.8. The van der Waals surface area contributed by atoms with E-state index in [9.17, 15) is 43.5 Å². The van der Waals surface area contributed by atoms with Crippen LogP contribution in [0.2, 0.25) is 0 Å². The number of carbonyl (C=O) groups excluding carboxylic acids is 8. The largest absolute Gasteiger partial charge is 0.465 e. The van der Waals surface area contributed by atoms with E-state index in [1.807, 2.05) is 0 Å². The predicted octanol–water partition coefficient (Wildman–Crippen LogP) is 4.92. The average molecular weight is 992 g/mol. The quantitative estimate of drug-likeness (QED) is 0.164. The number of cyclic esters (lactones) is 1. The van der Waals surface area contributed by atoms with Gasteiger partial charge in [-0.15, -0.1) is 0 Å². The summed E-state index contributed by atoms with van der Waals surface area (Å²) >= 11 is 0. The van der Waals surface area contributed by atoms with Crippen LogP contribution in [0, 0.1) is 17.3 Å². The smallest absolute Gasteiger partial charge is 0.340 e. The number of nitrogens with zero attached hydrogens (tertiary/aromatic N) is 1. The summed E-state index contributed by atoms with van der Waals surface area (Å²) in [6, 6.07) is 25.4. The summed E-state index contributed by atoms with van der Waals surface area (Å²) in [4.78, 5) is 119. The lowest BCUT2D eigenvalue weighted by Gasteiger charge is -2.67. The van der Waals surface area contributed by atoms with Crippen molar-refractivity contribution >= 4 is 47.8 Å². The van der Waals surface area contributed by atoms with E-state index >= 15 is 0 Å². The standard InChI is InChI=1S/C53H53NO18/c1-28-29(2)45(58)69-42-40(67-32(5)57)44(71-48(61)35-22-15-10-16-23-35)52(27-64-30(3)55)43(70-47(60)34-20-13-9-14-21-34)39(66-31(4)56)37-41(68-46(59)33-18-11-8-12-19-33)53(52,51(42,7)63)72-50(37,6)26-65-49(62)36-24-17-25-54-38(28)36/h8-25,28-29,37,39-44,63H,26-27H2,1-7H3/t28-,29-,37+,39+,40+,41+,42-,43-,44-,50-,51-,52+,53-/m0/s1. The molecule has 13 atom stereocenters. The van der Waals surface area contributed by atoms with Gasteiger partial charge in [0.2, 0.25) is 0 Å². The van der Waals surface area contributed by atoms with Crippen molar-refractivity contribution in [3.05, 3.63) is 137 Å². The Morgan fingerprint density at radius 3 is 1.62 bits per heavy atom. The molecule has 0 radical (unpaired) electrons. The van der Waals surface area contributed by atoms with E-state index in [1.54, 1.807) is 37.3 Å². The van der Waals surface area contributed by atoms with E-state index in [-0.39, 0.29) is 27.9 Å². The fraction of sp³-hybridized carbons (Fsp3) is 0.415. The molecule has 8 rings (SSSR count). The average Bonchev–Trinajstić information content (AvgIpc) is 3.58. The van der Waals surface area contributed by atoms with Crippen molar-refractivity contribution in [2.45, 2.75) is 108 Å². The van der Waals surface area contributed by atoms with Gasteiger partial charge in [0.05, 0.1) is 39.8 Å². The van der Waals surface area contributed by atoms with Crippen LogP contribution in [0.15, 0.2) is 109 Å². The molecule has 4 bridgehead atoms. The highest BCUT2D eigenvalue weighted by atomic mass is 16.7. The molecule has 19 nitrogen and oxygen atoms in total. The maximum absolute atomic E-state index is 14.9. The zero-order valence-corrected chi connectivity index (χ0v) is 40.3. The first kappa shape index (κ1) is 50.9. The van der Waals surface area contributed by atoms with Crippen LogP contribution in [0.25, 0.3) is 0 Å². The van der Waals surface area contributed by atoms with Crippen LogP contribution in [0.4, 0.5) is 0 Å². The van der Waals surface area contributed by atoms with E-state index in [1.165, 1.54) is 92.8 Å². The van der Waals surface area contributed by atoms with Gasteiger partial charge in [0.1, 0.15) is 42.0 Å². The summed E-state index contributed by atoms with van der Waals surface area (Å²) < 4.78 is 57.7. The van der Waals surface area contributed by atoms with E-state index in [2.05, 4.69) is 4.98 Å². The number of esters is 8. The molecule has 1 spiro atoms. The number of hydrogen-bond donors (Lipinski definition) is 1. The van der Waals surface area contributed by atoms with Crippen LogP contribution >= 0.6 is 0 Å². The van der Waals surface area contributed by atoms with Crippen LogP contribution in [-0.4, -0.2) is 124 Å². The molecule has 0 amide bonds. The molecule has 19 heteroatoms. The van der Waals surface area contributed by atoms with Crippen molar-refractivity contribution in [3.63, 3.8) is 0 Å². The number of carbonyl (C=O) groups is 8. The molecule has 2 saturated carbocycles. The highest BCUT2D eigenvalue weighted by Gasteiger charge is 2.92. The molecule has 72 heavy (non-hydrogen) atoms. The first-order valence-electron chi connectivity index (χ1n) is 23.2. The van der Waals surface area contributed by atoms with Crippen LogP contribution < -0.4 is 0 Å². The van der Waals surface area contributed by atoms with Gasteiger partial charge in [0.15, 0.2) is 30.0 Å². The summed E-state index contributed by atoms with van der Waals surface area (Å²) in [6.45, 7) is 6.64. The van der Waals surface area contributed by atoms with E-state index in [0.717, 1.165) is 27.7 Å². The Morgan fingerprint density at radius 1 is 0.639 bits per heavy atom. The molecule has 378 valence electrons. The summed E-state index contributed by atoms with van der Waals surface area (Å²) in [5.41, 5.74) is -11.0. The Morgan fingerprint density at radius 2 is 1.12 bits per heavy atom. The van der Waals surface area contributed by atoms with Gasteiger partial charge in [-0.3, -0.25) is 24.2 Å². The number of aromatic nitrogens is 1. The normalized spacial score (nSPS) is 32.5. The molecular formula is C53H53NO18. The van der Waals surface area contributed by atoms with Gasteiger partial charge in [-0.1, -0.05) is 68.4 Å². The molecule has 2 aliphatic heterocycles. The topological polar surface area (TPSA) is 253 Å². The zero-order valence-electron chi connectivity index (χ0n) is 40.3. The number of ether oxygens (including phenoxy) is 9. The zero-order chi connectivity index (χ0) is 51.9. The summed E-state index contributed by atoms with van der Waals surface area (Å²) in [7, 11) is 0. The summed E-state index contributed by atoms with van der Waals surface area (Å²) in [6.07, 6.45) is -11.4. The Balaban J connectivity index is 1.54. The van der Waals surface area contributed by atoms with Gasteiger partial charge in [-0.25, -0.2) is 19.2 Å². The van der Waals surface area contributed by atoms with Crippen molar-refractivity contribution in [1.82, 2.24) is 4.98 Å². The third kappa shape index (κ3) is 8.63. The van der Waals surface area contributed by atoms with Crippen LogP contribution in [0.1, 0.15) is 102 Å². The van der Waals surface area contributed by atoms with Gasteiger partial charge >= 0.3 is 47.8 Å². The molecule has 0 unspecified atom stereocenters. The minimum Gasteiger partial charge on any atom is -0.465 e. The highest BCUT2D eigenvalue weighted by Crippen LogP contribution is 2.70. The third-order valence-electron chi connectivity index (χ3n) is 14.3. The minimum absolute atomic E-state index is 0.0465. The summed E-state index contributed by atoms with van der Waals surface area (Å²) in [5, 5.41) is 14.1. The van der Waals surface area contributed by atoms with Crippen molar-refractivity contribution < 1.29 is 86.1 Å². The van der Waals surface area contributed by atoms with Crippen molar-refractivity contribution in [2.24, 2.45) is 17.3 Å². The summed E-state index contributed by atoms with van der Waals surface area (Å²) in [5.74, 6) is -12.3. The van der Waals surface area contributed by atoms with E-state index in [0.29, 0.717) is 0 Å². The van der Waals surface area contributed by atoms with E-state index < -0.39 is 138 Å². The van der Waals surface area contributed by atoms with Gasteiger partial charge < -0.3 is 47.7 Å². The molecule has 4 aromatic rings. The number of pyridine rings is 1. The van der Waals surface area contributed by atoms with Gasteiger partial charge in [-0.2, -0.15) is 0 Å². The SMILES string of the molecule is CC(=O)OC[C@]12[C@@H](OC(=O)c3ccccc3)[C@H](OC(C)=O)[C@@H]3[C@@H](OC(=O)c4ccccc4)[C@@]14O[C@@]3(C)COC(=O)c1cccnc1[C@@H](C)[C@H](C)C(=O)O[C@@H]([C@@H](OC(C)=O)[C@@H]2OC(=O)c1ccccc1)[C@]4(C)O. The maximum Gasteiger partial charge on any atom is 0.340 e. The molecular weight excluding hydrogens is 939 g/mol. The lowest BCUT2D eigenvalue weighted by atomic mass is 9.45. The van der Waals surface area contributed by atoms with E-state index in [4.69, 9.17) is 42.6 Å². The number of hydrogen-bond acceptors (Lipinski definition) is 19. The Kier molecular flexibility index (Phi) is 13.8. The Labute approximate surface area is 413 Å². The van der Waals surface area contributed by atoms with Crippen molar-refractivity contribution in [2.75, 3.05) is 13.2 Å². The fourth-order valence-electron chi connectivity index (χ4n) is 11.0. The number of benzene rings is 3. The molecule has 3 fully saturated rings. The molecule has 1 saturated heterocycles. The molecule has 1 N–H and O–H groups in total. The molecule has 2 aliphatic carbocycles. The highest BCUT2D eigenvalue weighted by molar-refractivity contribution is 5.92. The Bertz CT molecular complexity index is 2770. The first-order valence-corrected chi connectivity index (χ1v) is 23.2. The maximum atomic E-state index is 14.9. The minimum atomic E-state index is -2.96. The van der Waals surface area contributed by atoms with Crippen molar-refractivity contribution in [1.29, 1.82) is 0 Å². The second-order valence-corrected chi connectivity index (χ2v) is 18.8. The van der Waals surface area contributed by atoms with Crippen LogP contribution in [0.5, 0.6) is 0 Å². The van der Waals surface area contributed by atoms with Gasteiger partial charge in [-0.05, 0) is 62.4 Å². The van der Waals surface area contributed by atoms with Crippen LogP contribution in [-0.2, 0) is 61.8 Å². The second kappa shape index (κ2) is 19.6. The number of rotatable bonds is 10.